The molecule has 14 rings (SSSR count). The predicted molar refractivity (Wildman–Crippen MR) is 284 cm³/mol. The van der Waals surface area contributed by atoms with Crippen LogP contribution in [-0.4, -0.2) is 18.3 Å². The third kappa shape index (κ3) is 5.83. The van der Waals surface area contributed by atoms with Gasteiger partial charge in [0.05, 0.1) is 84.3 Å². The van der Waals surface area contributed by atoms with E-state index >= 15 is 0 Å². The number of benzene rings is 10. The number of fused-ring (bicyclic) bond motifs is 14. The quantitative estimate of drug-likeness (QED) is 0.173. The van der Waals surface area contributed by atoms with Gasteiger partial charge in [-0.2, -0.15) is 23.7 Å². The average Bonchev–Trinajstić information content (AvgIpc) is 4.16. The summed E-state index contributed by atoms with van der Waals surface area (Å²) in [6.45, 7) is 0. The summed E-state index contributed by atoms with van der Waals surface area (Å²) >= 11 is 0. The maximum atomic E-state index is 14.7. The molecule has 0 N–H and O–H groups in total. The second kappa shape index (κ2) is 15.3. The zero-order chi connectivity index (χ0) is 48.4. The molecular formula is C63H35F3N6. The van der Waals surface area contributed by atoms with Crippen molar-refractivity contribution in [3.05, 3.63) is 229 Å². The fourth-order valence-electron chi connectivity index (χ4n) is 11.5. The van der Waals surface area contributed by atoms with Gasteiger partial charge in [0.2, 0.25) is 0 Å². The van der Waals surface area contributed by atoms with Crippen LogP contribution in [0, 0.1) is 22.7 Å². The van der Waals surface area contributed by atoms with Crippen LogP contribution in [0.15, 0.2) is 212 Å². The van der Waals surface area contributed by atoms with Crippen molar-refractivity contribution >= 4 is 87.2 Å². The zero-order valence-corrected chi connectivity index (χ0v) is 38.0. The maximum absolute atomic E-state index is 14.7. The molecule has 4 heterocycles. The standard InChI is InChI=1S/C63H35F3N6/c64-63(65,66)41-32-38(36-67)31-39(33-41)50-35-58(72-52-24-12-8-20-45(52)47-28-30-56-60(62(47)72)49-22-10-14-26-54(49)70(56)43-17-5-2-6-18-43)57(34-40(50)37-68)71-51-23-11-7-19-44(51)46-27-29-55-59(61(46)71)48-21-9-13-25-53(48)69(55)42-15-3-1-4-16-42/h1-35H. The highest BCUT2D eigenvalue weighted by Crippen LogP contribution is 2.48. The molecule has 9 heteroatoms. The van der Waals surface area contributed by atoms with Gasteiger partial charge in [-0.15, -0.1) is 0 Å². The minimum atomic E-state index is -4.75. The van der Waals surface area contributed by atoms with Crippen molar-refractivity contribution in [3.63, 3.8) is 0 Å². The number of nitriles is 2. The van der Waals surface area contributed by atoms with Gasteiger partial charge in [0.15, 0.2) is 0 Å². The third-order valence-corrected chi connectivity index (χ3v) is 14.4. The number of alkyl halides is 3. The van der Waals surface area contributed by atoms with Gasteiger partial charge in [-0.05, 0) is 96.6 Å². The Morgan fingerprint density at radius 3 is 1.25 bits per heavy atom. The van der Waals surface area contributed by atoms with Crippen molar-refractivity contribution in [2.75, 3.05) is 0 Å². The lowest BCUT2D eigenvalue weighted by Crippen LogP contribution is -2.07. The molecule has 0 amide bonds. The Balaban J connectivity index is 1.22. The van der Waals surface area contributed by atoms with E-state index in [0.29, 0.717) is 11.4 Å². The molecule has 10 aromatic carbocycles. The topological polar surface area (TPSA) is 67.3 Å². The molecule has 0 bridgehead atoms. The summed E-state index contributed by atoms with van der Waals surface area (Å²) in [7, 11) is 0. The first-order valence-electron chi connectivity index (χ1n) is 23.5. The molecule has 0 unspecified atom stereocenters. The van der Waals surface area contributed by atoms with Crippen molar-refractivity contribution in [1.82, 2.24) is 18.3 Å². The Morgan fingerprint density at radius 2 is 0.792 bits per heavy atom. The summed E-state index contributed by atoms with van der Waals surface area (Å²) in [5.41, 5.74) is 10.2. The van der Waals surface area contributed by atoms with Crippen LogP contribution in [0.5, 0.6) is 0 Å². The van der Waals surface area contributed by atoms with E-state index in [0.717, 1.165) is 111 Å². The first kappa shape index (κ1) is 41.2. The lowest BCUT2D eigenvalue weighted by atomic mass is 9.94. The van der Waals surface area contributed by atoms with Crippen molar-refractivity contribution in [2.24, 2.45) is 0 Å². The van der Waals surface area contributed by atoms with Crippen LogP contribution >= 0.6 is 0 Å². The summed E-state index contributed by atoms with van der Waals surface area (Å²) in [6, 6.07) is 73.8. The van der Waals surface area contributed by atoms with Gasteiger partial charge in [0.25, 0.3) is 0 Å². The second-order valence-electron chi connectivity index (χ2n) is 18.2. The van der Waals surface area contributed by atoms with E-state index in [4.69, 9.17) is 0 Å². The smallest absolute Gasteiger partial charge is 0.309 e. The second-order valence-corrected chi connectivity index (χ2v) is 18.2. The summed E-state index contributed by atoms with van der Waals surface area (Å²) in [5, 5.41) is 29.4. The normalized spacial score (nSPS) is 12.1. The van der Waals surface area contributed by atoms with Crippen LogP contribution < -0.4 is 0 Å². The Bertz CT molecular complexity index is 4690. The molecule has 0 saturated carbocycles. The highest BCUT2D eigenvalue weighted by Gasteiger charge is 2.33. The Hall–Kier alpha value is -9.83. The van der Waals surface area contributed by atoms with Gasteiger partial charge in [0, 0.05) is 60.0 Å². The number of aromatic nitrogens is 4. The number of halogens is 3. The predicted octanol–water partition coefficient (Wildman–Crippen LogP) is 16.5. The molecule has 338 valence electrons. The largest absolute Gasteiger partial charge is 0.416 e. The number of nitrogens with zero attached hydrogens (tertiary/aromatic N) is 6. The van der Waals surface area contributed by atoms with Gasteiger partial charge < -0.3 is 18.3 Å². The first-order chi connectivity index (χ1) is 35.3. The number of rotatable bonds is 5. The summed E-state index contributed by atoms with van der Waals surface area (Å²) in [6.07, 6.45) is -4.75. The summed E-state index contributed by atoms with van der Waals surface area (Å²) < 4.78 is 53.3. The van der Waals surface area contributed by atoms with E-state index in [-0.39, 0.29) is 22.3 Å². The fraction of sp³-hybridized carbons (Fsp3) is 0.0159. The molecule has 0 atom stereocenters. The number of para-hydroxylation sites is 6. The molecule has 72 heavy (non-hydrogen) atoms. The zero-order valence-electron chi connectivity index (χ0n) is 38.0. The molecule has 14 aromatic rings. The highest BCUT2D eigenvalue weighted by molar-refractivity contribution is 6.28. The van der Waals surface area contributed by atoms with Crippen LogP contribution in [0.2, 0.25) is 0 Å². The fourth-order valence-corrected chi connectivity index (χ4v) is 11.5. The van der Waals surface area contributed by atoms with Crippen LogP contribution in [-0.2, 0) is 6.18 Å². The lowest BCUT2D eigenvalue weighted by molar-refractivity contribution is -0.137. The van der Waals surface area contributed by atoms with E-state index in [9.17, 15) is 23.7 Å². The number of hydrogen-bond donors (Lipinski definition) is 0. The van der Waals surface area contributed by atoms with Crippen molar-refractivity contribution in [3.8, 4) is 46.0 Å². The van der Waals surface area contributed by atoms with E-state index in [2.05, 4.69) is 127 Å². The molecule has 0 aliphatic rings. The molecule has 4 aromatic heterocycles. The van der Waals surface area contributed by atoms with Crippen LogP contribution in [0.1, 0.15) is 16.7 Å². The third-order valence-electron chi connectivity index (χ3n) is 14.4. The molecular weight excluding hydrogens is 898 g/mol. The number of hydrogen-bond acceptors (Lipinski definition) is 2. The molecule has 0 aliphatic heterocycles. The van der Waals surface area contributed by atoms with Crippen LogP contribution in [0.25, 0.3) is 121 Å². The Kier molecular flexibility index (Phi) is 8.77. The van der Waals surface area contributed by atoms with E-state index in [1.54, 1.807) is 0 Å². The lowest BCUT2D eigenvalue weighted by Gasteiger charge is -2.20. The molecule has 6 nitrogen and oxygen atoms in total. The van der Waals surface area contributed by atoms with E-state index in [1.165, 1.54) is 6.07 Å². The maximum Gasteiger partial charge on any atom is 0.416 e. The van der Waals surface area contributed by atoms with Gasteiger partial charge in [-0.1, -0.05) is 121 Å². The van der Waals surface area contributed by atoms with Crippen molar-refractivity contribution in [1.29, 1.82) is 10.5 Å². The molecule has 0 aliphatic carbocycles. The van der Waals surface area contributed by atoms with Crippen LogP contribution in [0.4, 0.5) is 13.2 Å². The highest BCUT2D eigenvalue weighted by atomic mass is 19.4. The molecule has 0 radical (unpaired) electrons. The average molecular weight is 933 g/mol. The van der Waals surface area contributed by atoms with Crippen molar-refractivity contribution in [2.45, 2.75) is 6.18 Å². The monoisotopic (exact) mass is 932 g/mol. The van der Waals surface area contributed by atoms with Gasteiger partial charge in [-0.25, -0.2) is 0 Å². The molecule has 0 fully saturated rings. The van der Waals surface area contributed by atoms with Crippen molar-refractivity contribution < 1.29 is 13.2 Å². The minimum Gasteiger partial charge on any atom is -0.309 e. The summed E-state index contributed by atoms with van der Waals surface area (Å²) in [4.78, 5) is 0. The summed E-state index contributed by atoms with van der Waals surface area (Å²) in [5.74, 6) is 0. The van der Waals surface area contributed by atoms with Gasteiger partial charge in [0.1, 0.15) is 0 Å². The Morgan fingerprint density at radius 1 is 0.361 bits per heavy atom. The van der Waals surface area contributed by atoms with Gasteiger partial charge in [-0.3, -0.25) is 0 Å². The molecule has 0 saturated heterocycles. The minimum absolute atomic E-state index is 0.105. The Labute approximate surface area is 408 Å². The molecule has 0 spiro atoms. The van der Waals surface area contributed by atoms with Crippen LogP contribution in [0.3, 0.4) is 0 Å². The SMILES string of the molecule is N#Cc1cc(-c2cc(-n3c4ccccc4c4ccc5c(c6ccccc6n5-c5ccccc5)c43)c(-n3c4ccccc4c4ccc5c(c6ccccc6n5-c5ccccc5)c43)cc2C#N)cc(C(F)(F)F)c1. The van der Waals surface area contributed by atoms with Gasteiger partial charge >= 0.3 is 6.18 Å². The van der Waals surface area contributed by atoms with E-state index in [1.807, 2.05) is 97.1 Å². The van der Waals surface area contributed by atoms with E-state index < -0.39 is 11.7 Å². The first-order valence-corrected chi connectivity index (χ1v) is 23.5.